The number of esters is 2. The zero-order valence-electron chi connectivity index (χ0n) is 31.1. The molecule has 49 heavy (non-hydrogen) atoms. The van der Waals surface area contributed by atoms with E-state index >= 15 is 0 Å². The third-order valence-electron chi connectivity index (χ3n) is 7.75. The molecular formula is C40H69O8P. The first-order valence-corrected chi connectivity index (χ1v) is 20.5. The van der Waals surface area contributed by atoms with E-state index in [1.807, 2.05) is 0 Å². The zero-order valence-corrected chi connectivity index (χ0v) is 32.0. The van der Waals surface area contributed by atoms with Gasteiger partial charge in [0.2, 0.25) is 0 Å². The largest absolute Gasteiger partial charge is 0.472 e. The Kier molecular flexibility index (Phi) is 33.9. The molecule has 0 amide bonds. The van der Waals surface area contributed by atoms with Crippen molar-refractivity contribution < 1.29 is 37.6 Å². The van der Waals surface area contributed by atoms with Gasteiger partial charge in [0, 0.05) is 20.0 Å². The van der Waals surface area contributed by atoms with Gasteiger partial charge in [0.25, 0.3) is 0 Å². The lowest BCUT2D eigenvalue weighted by Gasteiger charge is -2.19. The maximum Gasteiger partial charge on any atom is 0.472 e. The van der Waals surface area contributed by atoms with Crippen molar-refractivity contribution >= 4 is 19.8 Å². The summed E-state index contributed by atoms with van der Waals surface area (Å²) < 4.78 is 31.8. The van der Waals surface area contributed by atoms with E-state index in [1.54, 1.807) is 0 Å². The van der Waals surface area contributed by atoms with Crippen LogP contribution < -0.4 is 0 Å². The van der Waals surface area contributed by atoms with Gasteiger partial charge in [-0.3, -0.25) is 18.6 Å². The maximum atomic E-state index is 12.4. The molecule has 0 aliphatic carbocycles. The molecule has 0 fully saturated rings. The standard InChI is InChI=1S/C40H69O8P/c1-4-6-8-10-12-14-16-18-20-22-24-26-28-30-32-34-39(41)46-36-38(37-47-49(43,44)45-3)48-40(42)35-33-31-29-27-25-23-21-19-17-15-13-11-9-7-5-2/h7,9,13,15,18-21,25,27,38H,4-6,8,10-12,14,16-17,22-24,26,28-37H2,1-3H3,(H,43,44)/b9-7-,15-13-,20-18-,21-19-,27-25-. The van der Waals surface area contributed by atoms with E-state index in [0.29, 0.717) is 6.42 Å². The number of hydrogen-bond acceptors (Lipinski definition) is 7. The van der Waals surface area contributed by atoms with E-state index in [2.05, 4.69) is 79.1 Å². The maximum absolute atomic E-state index is 12.4. The lowest BCUT2D eigenvalue weighted by molar-refractivity contribution is -0.161. The van der Waals surface area contributed by atoms with Gasteiger partial charge in [-0.2, -0.15) is 0 Å². The summed E-state index contributed by atoms with van der Waals surface area (Å²) in [6, 6.07) is 0. The molecule has 0 aliphatic rings. The molecule has 0 saturated carbocycles. The summed E-state index contributed by atoms with van der Waals surface area (Å²) in [5.74, 6) is -0.868. The van der Waals surface area contributed by atoms with Gasteiger partial charge in [-0.1, -0.05) is 126 Å². The van der Waals surface area contributed by atoms with Gasteiger partial charge in [0.15, 0.2) is 6.10 Å². The minimum absolute atomic E-state index is 0.188. The van der Waals surface area contributed by atoms with Crippen LogP contribution in [-0.2, 0) is 32.7 Å². The lowest BCUT2D eigenvalue weighted by atomic mass is 10.1. The van der Waals surface area contributed by atoms with Crippen LogP contribution in [0.3, 0.4) is 0 Å². The van der Waals surface area contributed by atoms with E-state index in [-0.39, 0.29) is 19.4 Å². The average Bonchev–Trinajstić information content (AvgIpc) is 3.09. The molecule has 0 heterocycles. The predicted octanol–water partition coefficient (Wildman–Crippen LogP) is 11.6. The van der Waals surface area contributed by atoms with Crippen molar-refractivity contribution in [3.05, 3.63) is 60.8 Å². The highest BCUT2D eigenvalue weighted by molar-refractivity contribution is 7.47. The number of rotatable bonds is 34. The van der Waals surface area contributed by atoms with Crippen LogP contribution in [0.25, 0.3) is 0 Å². The number of phosphoric ester groups is 1. The molecule has 0 saturated heterocycles. The molecule has 0 aromatic heterocycles. The van der Waals surface area contributed by atoms with E-state index in [9.17, 15) is 19.0 Å². The Hall–Kier alpha value is -2.25. The fraction of sp³-hybridized carbons (Fsp3) is 0.700. The van der Waals surface area contributed by atoms with Gasteiger partial charge >= 0.3 is 19.8 Å². The van der Waals surface area contributed by atoms with Crippen molar-refractivity contribution in [1.82, 2.24) is 0 Å². The van der Waals surface area contributed by atoms with Crippen molar-refractivity contribution in [2.45, 2.75) is 161 Å². The second-order valence-corrected chi connectivity index (χ2v) is 13.9. The lowest BCUT2D eigenvalue weighted by Crippen LogP contribution is -2.29. The molecule has 9 heteroatoms. The van der Waals surface area contributed by atoms with E-state index in [0.717, 1.165) is 84.2 Å². The summed E-state index contributed by atoms with van der Waals surface area (Å²) in [4.78, 5) is 34.3. The van der Waals surface area contributed by atoms with Crippen molar-refractivity contribution in [3.8, 4) is 0 Å². The fourth-order valence-corrected chi connectivity index (χ4v) is 5.28. The van der Waals surface area contributed by atoms with Crippen LogP contribution in [0.4, 0.5) is 0 Å². The Morgan fingerprint density at radius 3 is 1.61 bits per heavy atom. The van der Waals surface area contributed by atoms with Crippen LogP contribution >= 0.6 is 7.82 Å². The number of carbonyl (C=O) groups excluding carboxylic acids is 2. The van der Waals surface area contributed by atoms with Crippen LogP contribution in [-0.4, -0.2) is 43.3 Å². The minimum Gasteiger partial charge on any atom is -0.462 e. The summed E-state index contributed by atoms with van der Waals surface area (Å²) in [6.07, 6.45) is 42.7. The number of carbonyl (C=O) groups is 2. The Morgan fingerprint density at radius 1 is 0.592 bits per heavy atom. The van der Waals surface area contributed by atoms with Gasteiger partial charge in [-0.05, 0) is 77.0 Å². The Labute approximate surface area is 299 Å². The van der Waals surface area contributed by atoms with Gasteiger partial charge in [0.05, 0.1) is 6.61 Å². The van der Waals surface area contributed by atoms with Crippen molar-refractivity contribution in [3.63, 3.8) is 0 Å². The van der Waals surface area contributed by atoms with Gasteiger partial charge in [-0.15, -0.1) is 0 Å². The summed E-state index contributed by atoms with van der Waals surface area (Å²) in [5, 5.41) is 0. The molecule has 2 atom stereocenters. The third kappa shape index (κ3) is 35.4. The van der Waals surface area contributed by atoms with Crippen LogP contribution in [0.15, 0.2) is 60.8 Å². The van der Waals surface area contributed by atoms with Gasteiger partial charge in [0.1, 0.15) is 6.61 Å². The molecule has 1 N–H and O–H groups in total. The summed E-state index contributed by atoms with van der Waals surface area (Å²) in [5.41, 5.74) is 0. The molecule has 0 spiro atoms. The van der Waals surface area contributed by atoms with Crippen molar-refractivity contribution in [2.24, 2.45) is 0 Å². The van der Waals surface area contributed by atoms with Crippen molar-refractivity contribution in [1.29, 1.82) is 0 Å². The molecule has 282 valence electrons. The first kappa shape index (κ1) is 46.8. The molecule has 2 unspecified atom stereocenters. The van der Waals surface area contributed by atoms with E-state index in [4.69, 9.17) is 14.0 Å². The number of hydrogen-bond donors (Lipinski definition) is 1. The highest BCUT2D eigenvalue weighted by Gasteiger charge is 2.24. The number of allylic oxidation sites excluding steroid dienone is 10. The Bertz CT molecular complexity index is 985. The monoisotopic (exact) mass is 708 g/mol. The predicted molar refractivity (Wildman–Crippen MR) is 202 cm³/mol. The van der Waals surface area contributed by atoms with Crippen LogP contribution in [0, 0.1) is 0 Å². The normalized spacial score (nSPS) is 14.1. The highest BCUT2D eigenvalue weighted by Crippen LogP contribution is 2.42. The molecule has 0 rings (SSSR count). The van der Waals surface area contributed by atoms with E-state index < -0.39 is 32.5 Å². The minimum atomic E-state index is -4.27. The topological polar surface area (TPSA) is 108 Å². The molecule has 0 bridgehead atoms. The van der Waals surface area contributed by atoms with Gasteiger partial charge in [-0.25, -0.2) is 4.57 Å². The highest BCUT2D eigenvalue weighted by atomic mass is 31.2. The quantitative estimate of drug-likeness (QED) is 0.0304. The summed E-state index contributed by atoms with van der Waals surface area (Å²) >= 11 is 0. The first-order chi connectivity index (χ1) is 23.8. The molecule has 0 aromatic carbocycles. The first-order valence-electron chi connectivity index (χ1n) is 19.0. The van der Waals surface area contributed by atoms with Crippen LogP contribution in [0.5, 0.6) is 0 Å². The number of ether oxygens (including phenoxy) is 2. The Morgan fingerprint density at radius 2 is 1.04 bits per heavy atom. The fourth-order valence-electron chi connectivity index (χ4n) is 4.82. The molecular weight excluding hydrogens is 639 g/mol. The van der Waals surface area contributed by atoms with Gasteiger partial charge < -0.3 is 14.4 Å². The third-order valence-corrected chi connectivity index (χ3v) is 8.68. The molecule has 0 radical (unpaired) electrons. The number of phosphoric acid groups is 1. The average molecular weight is 709 g/mol. The smallest absolute Gasteiger partial charge is 0.462 e. The van der Waals surface area contributed by atoms with Crippen LogP contribution in [0.1, 0.15) is 155 Å². The molecule has 8 nitrogen and oxygen atoms in total. The van der Waals surface area contributed by atoms with Crippen molar-refractivity contribution in [2.75, 3.05) is 20.3 Å². The zero-order chi connectivity index (χ0) is 36.1. The molecule has 0 aliphatic heterocycles. The molecule has 0 aromatic rings. The van der Waals surface area contributed by atoms with E-state index in [1.165, 1.54) is 44.9 Å². The van der Waals surface area contributed by atoms with Crippen LogP contribution in [0.2, 0.25) is 0 Å². The second-order valence-electron chi connectivity index (χ2n) is 12.3. The second kappa shape index (κ2) is 35.6. The number of unbranched alkanes of at least 4 members (excludes halogenated alkanes) is 13. The summed E-state index contributed by atoms with van der Waals surface area (Å²) in [6.45, 7) is 3.71. The SMILES string of the molecule is CC/C=C\C/C=C\C/C=C\C/C=C\CCCCC(=O)OC(COC(=O)CCCCCCC/C=C\CCCCCCCC)COP(=O)(O)OC. The Balaban J connectivity index is 4.16. The summed E-state index contributed by atoms with van der Waals surface area (Å²) in [7, 11) is -3.22.